The second-order valence-corrected chi connectivity index (χ2v) is 3.64. The Morgan fingerprint density at radius 2 is 1.92 bits per heavy atom. The van der Waals surface area contributed by atoms with Gasteiger partial charge in [0.2, 0.25) is 0 Å². The van der Waals surface area contributed by atoms with Gasteiger partial charge in [-0.2, -0.15) is 0 Å². The molecule has 1 aromatic heterocycles. The molecule has 0 saturated carbocycles. The third kappa shape index (κ3) is 3.51. The highest BCUT2D eigenvalue weighted by Gasteiger charge is 1.95. The van der Waals surface area contributed by atoms with Crippen LogP contribution < -0.4 is 0 Å². The summed E-state index contributed by atoms with van der Waals surface area (Å²) in [6.45, 7) is 4.54. The van der Waals surface area contributed by atoms with Crippen molar-refractivity contribution in [2.45, 2.75) is 33.1 Å². The van der Waals surface area contributed by atoms with Gasteiger partial charge in [-0.15, -0.1) is 0 Å². The van der Waals surface area contributed by atoms with Gasteiger partial charge in [-0.25, -0.2) is 0 Å². The number of hydrogen-bond donors (Lipinski definition) is 0. The van der Waals surface area contributed by atoms with Gasteiger partial charge in [-0.1, -0.05) is 20.3 Å². The molecule has 0 saturated heterocycles. The first kappa shape index (κ1) is 9.24. The molecule has 66 valence electrons. The van der Waals surface area contributed by atoms with Crippen molar-refractivity contribution >= 4 is 0 Å². The number of nitrogens with zero attached hydrogens (tertiary/aromatic N) is 1. The molecule has 0 amide bonds. The molecule has 1 nitrogen and oxygen atoms in total. The quantitative estimate of drug-likeness (QED) is 0.664. The first-order chi connectivity index (χ1) is 5.79. The minimum Gasteiger partial charge on any atom is -0.265 e. The van der Waals surface area contributed by atoms with Crippen LogP contribution in [0.15, 0.2) is 24.5 Å². The van der Waals surface area contributed by atoms with Gasteiger partial charge in [-0.05, 0) is 36.5 Å². The van der Waals surface area contributed by atoms with E-state index in [2.05, 4.69) is 31.0 Å². The van der Waals surface area contributed by atoms with Crippen molar-refractivity contribution < 1.29 is 0 Å². The Kier molecular flexibility index (Phi) is 3.78. The van der Waals surface area contributed by atoms with E-state index in [1.54, 1.807) is 0 Å². The predicted octanol–water partition coefficient (Wildman–Crippen LogP) is 3.06. The highest BCUT2D eigenvalue weighted by atomic mass is 14.6. The zero-order valence-corrected chi connectivity index (χ0v) is 7.96. The van der Waals surface area contributed by atoms with Crippen molar-refractivity contribution in [2.75, 3.05) is 0 Å². The van der Waals surface area contributed by atoms with E-state index >= 15 is 0 Å². The summed E-state index contributed by atoms with van der Waals surface area (Å²) in [7, 11) is 0. The summed E-state index contributed by atoms with van der Waals surface area (Å²) in [5.41, 5.74) is 1.41. The lowest BCUT2D eigenvalue weighted by Crippen LogP contribution is -1.90. The average molecular weight is 163 g/mol. The van der Waals surface area contributed by atoms with Crippen LogP contribution >= 0.6 is 0 Å². The van der Waals surface area contributed by atoms with Gasteiger partial charge in [-0.3, -0.25) is 4.98 Å². The van der Waals surface area contributed by atoms with E-state index in [-0.39, 0.29) is 0 Å². The van der Waals surface area contributed by atoms with E-state index < -0.39 is 0 Å². The van der Waals surface area contributed by atoms with Crippen LogP contribution in [-0.4, -0.2) is 4.98 Å². The topological polar surface area (TPSA) is 12.9 Å². The fourth-order valence-electron chi connectivity index (χ4n) is 1.26. The molecule has 1 rings (SSSR count). The van der Waals surface area contributed by atoms with Gasteiger partial charge in [0, 0.05) is 12.4 Å². The third-order valence-electron chi connectivity index (χ3n) is 2.00. The van der Waals surface area contributed by atoms with Crippen LogP contribution in [0, 0.1) is 5.92 Å². The van der Waals surface area contributed by atoms with Crippen LogP contribution in [0.4, 0.5) is 0 Å². The Morgan fingerprint density at radius 3 is 2.50 bits per heavy atom. The molecule has 0 fully saturated rings. The molecule has 1 heteroatoms. The zero-order valence-electron chi connectivity index (χ0n) is 7.96. The van der Waals surface area contributed by atoms with E-state index in [1.807, 2.05) is 12.4 Å². The van der Waals surface area contributed by atoms with Crippen molar-refractivity contribution in [3.8, 4) is 0 Å². The van der Waals surface area contributed by atoms with Crippen molar-refractivity contribution in [1.82, 2.24) is 4.98 Å². The Bertz CT molecular complexity index is 204. The normalized spacial score (nSPS) is 10.6. The highest BCUT2D eigenvalue weighted by Crippen LogP contribution is 2.08. The fourth-order valence-corrected chi connectivity index (χ4v) is 1.26. The van der Waals surface area contributed by atoms with Gasteiger partial charge in [0.05, 0.1) is 0 Å². The number of rotatable bonds is 4. The van der Waals surface area contributed by atoms with Gasteiger partial charge in [0.25, 0.3) is 0 Å². The van der Waals surface area contributed by atoms with Crippen LogP contribution in [0.2, 0.25) is 0 Å². The minimum atomic E-state index is 0.826. The van der Waals surface area contributed by atoms with Gasteiger partial charge >= 0.3 is 0 Å². The van der Waals surface area contributed by atoms with Gasteiger partial charge in [0.15, 0.2) is 0 Å². The van der Waals surface area contributed by atoms with Gasteiger partial charge < -0.3 is 0 Å². The lowest BCUT2D eigenvalue weighted by atomic mass is 10.0. The Morgan fingerprint density at radius 1 is 1.25 bits per heavy atom. The first-order valence-corrected chi connectivity index (χ1v) is 4.68. The summed E-state index contributed by atoms with van der Waals surface area (Å²) in [5, 5.41) is 0. The number of aryl methyl sites for hydroxylation is 1. The summed E-state index contributed by atoms with van der Waals surface area (Å²) in [4.78, 5) is 3.99. The Balaban J connectivity index is 2.25. The number of aromatic nitrogens is 1. The molecule has 1 heterocycles. The molecule has 0 N–H and O–H groups in total. The predicted molar refractivity (Wildman–Crippen MR) is 52.0 cm³/mol. The maximum absolute atomic E-state index is 3.99. The average Bonchev–Trinajstić information content (AvgIpc) is 2.05. The molecule has 0 aromatic carbocycles. The third-order valence-corrected chi connectivity index (χ3v) is 2.00. The summed E-state index contributed by atoms with van der Waals surface area (Å²) >= 11 is 0. The lowest BCUT2D eigenvalue weighted by molar-refractivity contribution is 0.555. The summed E-state index contributed by atoms with van der Waals surface area (Å²) in [6, 6.07) is 4.20. The van der Waals surface area contributed by atoms with Crippen molar-refractivity contribution in [2.24, 2.45) is 5.92 Å². The second kappa shape index (κ2) is 4.91. The number of pyridine rings is 1. The molecule has 0 spiro atoms. The SMILES string of the molecule is CC(C)CCCc1ccncc1. The van der Waals surface area contributed by atoms with E-state index in [4.69, 9.17) is 0 Å². The molecular weight excluding hydrogens is 146 g/mol. The van der Waals surface area contributed by atoms with Crippen LogP contribution in [0.1, 0.15) is 32.3 Å². The molecule has 1 aromatic rings. The van der Waals surface area contributed by atoms with Crippen LogP contribution in [0.25, 0.3) is 0 Å². The fraction of sp³-hybridized carbons (Fsp3) is 0.545. The molecule has 0 radical (unpaired) electrons. The Hall–Kier alpha value is -0.850. The smallest absolute Gasteiger partial charge is 0.0270 e. The molecule has 0 aliphatic rings. The van der Waals surface area contributed by atoms with Crippen molar-refractivity contribution in [3.63, 3.8) is 0 Å². The van der Waals surface area contributed by atoms with Crippen LogP contribution in [0.3, 0.4) is 0 Å². The minimum absolute atomic E-state index is 0.826. The van der Waals surface area contributed by atoms with E-state index in [0.29, 0.717) is 0 Å². The monoisotopic (exact) mass is 163 g/mol. The summed E-state index contributed by atoms with van der Waals surface area (Å²) in [5.74, 6) is 0.826. The molecular formula is C11H17N. The van der Waals surface area contributed by atoms with E-state index in [9.17, 15) is 0 Å². The van der Waals surface area contributed by atoms with Crippen molar-refractivity contribution in [3.05, 3.63) is 30.1 Å². The molecule has 0 unspecified atom stereocenters. The highest BCUT2D eigenvalue weighted by molar-refractivity contribution is 5.09. The molecule has 0 aliphatic carbocycles. The van der Waals surface area contributed by atoms with Crippen LogP contribution in [0.5, 0.6) is 0 Å². The van der Waals surface area contributed by atoms with Gasteiger partial charge in [0.1, 0.15) is 0 Å². The van der Waals surface area contributed by atoms with E-state index in [1.165, 1.54) is 24.8 Å². The largest absolute Gasteiger partial charge is 0.265 e. The number of hydrogen-bond acceptors (Lipinski definition) is 1. The standard InChI is InChI=1S/C11H17N/c1-10(2)4-3-5-11-6-8-12-9-7-11/h6-10H,3-5H2,1-2H3. The zero-order chi connectivity index (χ0) is 8.81. The Labute approximate surface area is 74.8 Å². The lowest BCUT2D eigenvalue weighted by Gasteiger charge is -2.03. The summed E-state index contributed by atoms with van der Waals surface area (Å²) in [6.07, 6.45) is 7.54. The van der Waals surface area contributed by atoms with Crippen LogP contribution in [-0.2, 0) is 6.42 Å². The maximum atomic E-state index is 3.99. The second-order valence-electron chi connectivity index (χ2n) is 3.64. The molecule has 12 heavy (non-hydrogen) atoms. The maximum Gasteiger partial charge on any atom is 0.0270 e. The molecule has 0 aliphatic heterocycles. The van der Waals surface area contributed by atoms with E-state index in [0.717, 1.165) is 5.92 Å². The van der Waals surface area contributed by atoms with Crippen molar-refractivity contribution in [1.29, 1.82) is 0 Å². The molecule has 0 atom stereocenters. The molecule has 0 bridgehead atoms. The summed E-state index contributed by atoms with van der Waals surface area (Å²) < 4.78 is 0. The first-order valence-electron chi connectivity index (χ1n) is 4.68.